The number of aromatic nitrogens is 2. The first-order chi connectivity index (χ1) is 14.1. The van der Waals surface area contributed by atoms with Crippen LogP contribution in [0.3, 0.4) is 0 Å². The highest BCUT2D eigenvalue weighted by Crippen LogP contribution is 2.23. The predicted octanol–water partition coefficient (Wildman–Crippen LogP) is 2.91. The molecule has 0 bridgehead atoms. The maximum absolute atomic E-state index is 12.7. The summed E-state index contributed by atoms with van der Waals surface area (Å²) < 4.78 is 5.38. The van der Waals surface area contributed by atoms with Gasteiger partial charge in [0.05, 0.1) is 0 Å². The Morgan fingerprint density at radius 2 is 1.72 bits per heavy atom. The van der Waals surface area contributed by atoms with E-state index in [1.807, 2.05) is 30.0 Å². The number of carbonyl (C=O) groups is 1. The molecule has 2 aliphatic heterocycles. The summed E-state index contributed by atoms with van der Waals surface area (Å²) in [5.74, 6) is 2.84. The fourth-order valence-electron chi connectivity index (χ4n) is 3.92. The minimum atomic E-state index is 0.127. The van der Waals surface area contributed by atoms with Crippen LogP contribution in [0, 0.1) is 19.8 Å². The topological polar surface area (TPSA) is 70.6 Å². The van der Waals surface area contributed by atoms with Crippen molar-refractivity contribution in [1.82, 2.24) is 14.9 Å². The van der Waals surface area contributed by atoms with E-state index in [1.54, 1.807) is 0 Å². The van der Waals surface area contributed by atoms with Crippen LogP contribution in [-0.4, -0.2) is 60.2 Å². The smallest absolute Gasteiger partial charge is 0.225 e. The summed E-state index contributed by atoms with van der Waals surface area (Å²) in [4.78, 5) is 26.1. The van der Waals surface area contributed by atoms with Gasteiger partial charge >= 0.3 is 0 Å². The quantitative estimate of drug-likeness (QED) is 0.858. The molecule has 1 aromatic heterocycles. The molecule has 154 valence electrons. The van der Waals surface area contributed by atoms with Crippen LogP contribution in [0.15, 0.2) is 30.3 Å². The van der Waals surface area contributed by atoms with E-state index in [2.05, 4.69) is 39.2 Å². The number of hydrogen-bond donors (Lipinski definition) is 1. The third-order valence-electron chi connectivity index (χ3n) is 5.63. The molecule has 1 N–H and O–H groups in total. The van der Waals surface area contributed by atoms with Gasteiger partial charge < -0.3 is 19.9 Å². The number of anilines is 3. The van der Waals surface area contributed by atoms with Crippen molar-refractivity contribution in [3.8, 4) is 0 Å². The van der Waals surface area contributed by atoms with E-state index in [9.17, 15) is 4.79 Å². The molecule has 0 radical (unpaired) electrons. The number of aryl methyl sites for hydroxylation is 2. The molecule has 29 heavy (non-hydrogen) atoms. The average molecular weight is 396 g/mol. The summed E-state index contributed by atoms with van der Waals surface area (Å²) in [6.45, 7) is 8.43. The second-order valence-corrected chi connectivity index (χ2v) is 7.85. The maximum atomic E-state index is 12.7. The van der Waals surface area contributed by atoms with Crippen LogP contribution in [-0.2, 0) is 9.53 Å². The van der Waals surface area contributed by atoms with Gasteiger partial charge in [-0.05, 0) is 38.8 Å². The summed E-state index contributed by atoms with van der Waals surface area (Å²) >= 11 is 0. The molecule has 2 aliphatic rings. The summed E-state index contributed by atoms with van der Waals surface area (Å²) in [5.41, 5.74) is 2.23. The summed E-state index contributed by atoms with van der Waals surface area (Å²) in [6, 6.07) is 10.2. The first kappa shape index (κ1) is 19.6. The first-order valence-corrected chi connectivity index (χ1v) is 10.4. The molecule has 0 aliphatic carbocycles. The third-order valence-corrected chi connectivity index (χ3v) is 5.63. The third kappa shape index (κ3) is 4.85. The van der Waals surface area contributed by atoms with Gasteiger partial charge in [-0.15, -0.1) is 0 Å². The van der Waals surface area contributed by atoms with E-state index in [0.717, 1.165) is 62.2 Å². The number of benzene rings is 1. The number of nitrogens with zero attached hydrogens (tertiary/aromatic N) is 4. The molecular formula is C22H29N5O2. The van der Waals surface area contributed by atoms with Crippen molar-refractivity contribution in [2.45, 2.75) is 26.7 Å². The molecule has 4 rings (SSSR count). The standard InChI is InChI=1S/C22H29N5O2/c1-16-3-5-19(6-4-16)25-20-15-21(24-17(2)23-20)26-9-11-27(12-10-26)22(28)18-7-13-29-14-8-18/h3-6,15,18H,7-14H2,1-2H3,(H,23,24,25). The summed E-state index contributed by atoms with van der Waals surface area (Å²) in [7, 11) is 0. The zero-order chi connectivity index (χ0) is 20.2. The number of carbonyl (C=O) groups excluding carboxylic acids is 1. The van der Waals surface area contributed by atoms with Crippen molar-refractivity contribution >= 4 is 23.2 Å². The lowest BCUT2D eigenvalue weighted by molar-refractivity contribution is -0.138. The fraction of sp³-hybridized carbons (Fsp3) is 0.500. The normalized spacial score (nSPS) is 18.0. The molecule has 1 amide bonds. The van der Waals surface area contributed by atoms with Gasteiger partial charge in [0, 0.05) is 57.1 Å². The van der Waals surface area contributed by atoms with Crippen LogP contribution in [0.5, 0.6) is 0 Å². The molecule has 3 heterocycles. The molecule has 2 fully saturated rings. The molecule has 1 aromatic carbocycles. The average Bonchev–Trinajstić information content (AvgIpc) is 2.75. The Bertz CT molecular complexity index is 841. The second kappa shape index (κ2) is 8.78. The molecule has 7 heteroatoms. The SMILES string of the molecule is Cc1ccc(Nc2cc(N3CCN(C(=O)C4CCOCC4)CC3)nc(C)n2)cc1. The van der Waals surface area contributed by atoms with Crippen LogP contribution >= 0.6 is 0 Å². The van der Waals surface area contributed by atoms with E-state index in [4.69, 9.17) is 4.74 Å². The fourth-order valence-corrected chi connectivity index (χ4v) is 3.92. The highest BCUT2D eigenvalue weighted by molar-refractivity contribution is 5.79. The predicted molar refractivity (Wildman–Crippen MR) is 114 cm³/mol. The maximum Gasteiger partial charge on any atom is 0.225 e. The summed E-state index contributed by atoms with van der Waals surface area (Å²) in [5, 5.41) is 3.37. The molecule has 2 saturated heterocycles. The first-order valence-electron chi connectivity index (χ1n) is 10.4. The molecular weight excluding hydrogens is 366 g/mol. The van der Waals surface area contributed by atoms with Crippen LogP contribution in [0.2, 0.25) is 0 Å². The Morgan fingerprint density at radius 1 is 1.03 bits per heavy atom. The Labute approximate surface area is 172 Å². The minimum absolute atomic E-state index is 0.127. The number of piperazine rings is 1. The molecule has 0 spiro atoms. The Morgan fingerprint density at radius 3 is 2.41 bits per heavy atom. The van der Waals surface area contributed by atoms with Crippen LogP contribution < -0.4 is 10.2 Å². The number of rotatable bonds is 4. The van der Waals surface area contributed by atoms with Crippen molar-refractivity contribution in [1.29, 1.82) is 0 Å². The van der Waals surface area contributed by atoms with Crippen molar-refractivity contribution < 1.29 is 9.53 Å². The summed E-state index contributed by atoms with van der Waals surface area (Å²) in [6.07, 6.45) is 1.69. The lowest BCUT2D eigenvalue weighted by Crippen LogP contribution is -2.51. The monoisotopic (exact) mass is 395 g/mol. The number of ether oxygens (including phenoxy) is 1. The van der Waals surface area contributed by atoms with Crippen molar-refractivity contribution in [2.24, 2.45) is 5.92 Å². The van der Waals surface area contributed by atoms with Crippen LogP contribution in [0.1, 0.15) is 24.2 Å². The zero-order valence-corrected chi connectivity index (χ0v) is 17.2. The van der Waals surface area contributed by atoms with Gasteiger partial charge in [-0.1, -0.05) is 17.7 Å². The Balaban J connectivity index is 1.39. The minimum Gasteiger partial charge on any atom is -0.381 e. The van der Waals surface area contributed by atoms with Crippen LogP contribution in [0.25, 0.3) is 0 Å². The largest absolute Gasteiger partial charge is 0.381 e. The highest BCUT2D eigenvalue weighted by atomic mass is 16.5. The van der Waals surface area contributed by atoms with E-state index < -0.39 is 0 Å². The van der Waals surface area contributed by atoms with Gasteiger partial charge in [0.25, 0.3) is 0 Å². The number of nitrogens with one attached hydrogen (secondary N) is 1. The Kier molecular flexibility index (Phi) is 5.94. The lowest BCUT2D eigenvalue weighted by Gasteiger charge is -2.37. The molecule has 0 atom stereocenters. The zero-order valence-electron chi connectivity index (χ0n) is 17.2. The lowest BCUT2D eigenvalue weighted by atomic mass is 9.98. The van der Waals surface area contributed by atoms with Gasteiger partial charge in [-0.3, -0.25) is 4.79 Å². The van der Waals surface area contributed by atoms with Crippen molar-refractivity contribution in [2.75, 3.05) is 49.6 Å². The van der Waals surface area contributed by atoms with Crippen molar-refractivity contribution in [3.63, 3.8) is 0 Å². The molecule has 0 unspecified atom stereocenters. The van der Waals surface area contributed by atoms with Gasteiger partial charge in [-0.25, -0.2) is 9.97 Å². The number of amides is 1. The molecule has 0 saturated carbocycles. The molecule has 2 aromatic rings. The van der Waals surface area contributed by atoms with E-state index >= 15 is 0 Å². The van der Waals surface area contributed by atoms with Gasteiger partial charge in [0.1, 0.15) is 17.5 Å². The van der Waals surface area contributed by atoms with Crippen LogP contribution in [0.4, 0.5) is 17.3 Å². The Hall–Kier alpha value is -2.67. The second-order valence-electron chi connectivity index (χ2n) is 7.85. The van der Waals surface area contributed by atoms with Gasteiger partial charge in [0.2, 0.25) is 5.91 Å². The number of hydrogen-bond acceptors (Lipinski definition) is 6. The van der Waals surface area contributed by atoms with Gasteiger partial charge in [0.15, 0.2) is 0 Å². The van der Waals surface area contributed by atoms with E-state index in [1.165, 1.54) is 5.56 Å². The van der Waals surface area contributed by atoms with Crippen molar-refractivity contribution in [3.05, 3.63) is 41.7 Å². The van der Waals surface area contributed by atoms with Gasteiger partial charge in [-0.2, -0.15) is 0 Å². The van der Waals surface area contributed by atoms with E-state index in [-0.39, 0.29) is 11.8 Å². The van der Waals surface area contributed by atoms with E-state index in [0.29, 0.717) is 13.2 Å². The highest BCUT2D eigenvalue weighted by Gasteiger charge is 2.29. The molecule has 7 nitrogen and oxygen atoms in total.